The molecule has 0 aliphatic heterocycles. The van der Waals surface area contributed by atoms with Crippen molar-refractivity contribution in [3.8, 4) is 11.4 Å². The van der Waals surface area contributed by atoms with Crippen molar-refractivity contribution in [1.29, 1.82) is 0 Å². The zero-order chi connectivity index (χ0) is 15.4. The third-order valence-corrected chi connectivity index (χ3v) is 3.55. The molecule has 2 rings (SSSR count). The molecule has 1 aromatic carbocycles. The zero-order valence-electron chi connectivity index (χ0n) is 13.0. The van der Waals surface area contributed by atoms with Gasteiger partial charge in [-0.25, -0.2) is 4.98 Å². The molecule has 6 nitrogen and oxygen atoms in total. The summed E-state index contributed by atoms with van der Waals surface area (Å²) in [5.41, 5.74) is 7.47. The van der Waals surface area contributed by atoms with Crippen LogP contribution in [0.5, 0.6) is 0 Å². The first-order chi connectivity index (χ1) is 10.0. The molecule has 1 aromatic heterocycles. The Morgan fingerprint density at radius 3 is 2.77 bits per heavy atom. The van der Waals surface area contributed by atoms with Crippen LogP contribution < -0.4 is 11.1 Å². The van der Waals surface area contributed by atoms with Gasteiger partial charge in [-0.1, -0.05) is 32.4 Å². The number of hydrogen-bond acceptors (Lipinski definition) is 4. The van der Waals surface area contributed by atoms with Crippen molar-refractivity contribution in [3.63, 3.8) is 0 Å². The van der Waals surface area contributed by atoms with Crippen molar-refractivity contribution >= 4 is 24.0 Å². The molecule has 0 saturated carbocycles. The maximum absolute atomic E-state index is 12.1. The first-order valence-corrected chi connectivity index (χ1v) is 7.07. The predicted molar refractivity (Wildman–Crippen MR) is 89.9 cm³/mol. The lowest BCUT2D eigenvalue weighted by molar-refractivity contribution is -0.118. The van der Waals surface area contributed by atoms with Gasteiger partial charge in [0.25, 0.3) is 0 Å². The third kappa shape index (κ3) is 4.29. The second kappa shape index (κ2) is 7.91. The number of carbonyl (C=O) groups is 1. The van der Waals surface area contributed by atoms with Crippen LogP contribution in [0.1, 0.15) is 26.1 Å². The third-order valence-electron chi connectivity index (χ3n) is 3.55. The van der Waals surface area contributed by atoms with Crippen LogP contribution in [0.2, 0.25) is 0 Å². The average molecular weight is 324 g/mol. The van der Waals surface area contributed by atoms with Gasteiger partial charge < -0.3 is 11.1 Å². The number of aromatic nitrogens is 3. The number of H-pyrrole nitrogens is 1. The summed E-state index contributed by atoms with van der Waals surface area (Å²) < 4.78 is 0. The number of anilines is 1. The first-order valence-electron chi connectivity index (χ1n) is 7.07. The van der Waals surface area contributed by atoms with E-state index in [9.17, 15) is 4.79 Å². The Morgan fingerprint density at radius 2 is 2.18 bits per heavy atom. The lowest BCUT2D eigenvalue weighted by atomic mass is 9.99. The van der Waals surface area contributed by atoms with Crippen LogP contribution in [0, 0.1) is 12.8 Å². The molecule has 2 unspecified atom stereocenters. The first kappa shape index (κ1) is 18.1. The van der Waals surface area contributed by atoms with Gasteiger partial charge in [-0.05, 0) is 25.0 Å². The van der Waals surface area contributed by atoms with E-state index < -0.39 is 6.04 Å². The van der Waals surface area contributed by atoms with Crippen LogP contribution >= 0.6 is 12.4 Å². The van der Waals surface area contributed by atoms with E-state index in [0.29, 0.717) is 11.5 Å². The topological polar surface area (TPSA) is 96.7 Å². The van der Waals surface area contributed by atoms with Gasteiger partial charge in [0.05, 0.1) is 6.04 Å². The minimum Gasteiger partial charge on any atom is -0.325 e. The van der Waals surface area contributed by atoms with E-state index in [1.54, 1.807) is 0 Å². The zero-order valence-corrected chi connectivity index (χ0v) is 13.8. The van der Waals surface area contributed by atoms with Crippen LogP contribution in [0.4, 0.5) is 5.69 Å². The number of aryl methyl sites for hydroxylation is 1. The number of carbonyl (C=O) groups excluding carboxylic acids is 1. The Labute approximate surface area is 136 Å². The number of amides is 1. The number of halogens is 1. The summed E-state index contributed by atoms with van der Waals surface area (Å²) in [4.78, 5) is 16.4. The number of benzene rings is 1. The molecule has 120 valence electrons. The standard InChI is InChI=1S/C15H21N5O.ClH/c1-4-9(2)13(16)15(21)18-12-7-5-6-11(8-12)14-17-10(3)19-20-14;/h5-9,13H,4,16H2,1-3H3,(H,18,21)(H,17,19,20);1H. The van der Waals surface area contributed by atoms with Gasteiger partial charge in [0.2, 0.25) is 5.91 Å². The smallest absolute Gasteiger partial charge is 0.241 e. The van der Waals surface area contributed by atoms with E-state index >= 15 is 0 Å². The molecule has 1 heterocycles. The Kier molecular flexibility index (Phi) is 6.52. The molecule has 0 aliphatic rings. The van der Waals surface area contributed by atoms with Gasteiger partial charge in [-0.2, -0.15) is 5.10 Å². The van der Waals surface area contributed by atoms with Crippen LogP contribution in [0.25, 0.3) is 11.4 Å². The highest BCUT2D eigenvalue weighted by atomic mass is 35.5. The average Bonchev–Trinajstić information content (AvgIpc) is 2.92. The number of hydrogen-bond donors (Lipinski definition) is 3. The summed E-state index contributed by atoms with van der Waals surface area (Å²) in [5, 5.41) is 9.75. The van der Waals surface area contributed by atoms with E-state index in [-0.39, 0.29) is 24.2 Å². The minimum atomic E-state index is -0.510. The fourth-order valence-corrected chi connectivity index (χ4v) is 1.95. The fourth-order valence-electron chi connectivity index (χ4n) is 1.95. The summed E-state index contributed by atoms with van der Waals surface area (Å²) in [6.07, 6.45) is 0.866. The van der Waals surface area contributed by atoms with E-state index in [0.717, 1.165) is 17.8 Å². The summed E-state index contributed by atoms with van der Waals surface area (Å²) in [7, 11) is 0. The van der Waals surface area contributed by atoms with Crippen molar-refractivity contribution in [3.05, 3.63) is 30.1 Å². The number of rotatable bonds is 5. The van der Waals surface area contributed by atoms with Crippen LogP contribution in [-0.2, 0) is 4.79 Å². The predicted octanol–water partition coefficient (Wildman–Crippen LogP) is 2.51. The summed E-state index contributed by atoms with van der Waals surface area (Å²) in [6.45, 7) is 5.83. The van der Waals surface area contributed by atoms with Gasteiger partial charge >= 0.3 is 0 Å². The van der Waals surface area contributed by atoms with Crippen molar-refractivity contribution < 1.29 is 4.79 Å². The highest BCUT2D eigenvalue weighted by Gasteiger charge is 2.19. The Morgan fingerprint density at radius 1 is 1.45 bits per heavy atom. The molecule has 2 atom stereocenters. The van der Waals surface area contributed by atoms with Gasteiger partial charge in [0.1, 0.15) is 5.82 Å². The Bertz CT molecular complexity index is 628. The van der Waals surface area contributed by atoms with Crippen molar-refractivity contribution in [2.24, 2.45) is 11.7 Å². The lowest BCUT2D eigenvalue weighted by Gasteiger charge is -2.17. The number of aromatic amines is 1. The summed E-state index contributed by atoms with van der Waals surface area (Å²) in [5.74, 6) is 1.32. The Balaban J connectivity index is 0.00000242. The molecular formula is C15H22ClN5O. The van der Waals surface area contributed by atoms with E-state index in [1.165, 1.54) is 0 Å². The molecule has 0 spiro atoms. The quantitative estimate of drug-likeness (QED) is 0.787. The highest BCUT2D eigenvalue weighted by molar-refractivity contribution is 5.95. The molecule has 4 N–H and O–H groups in total. The number of nitrogens with one attached hydrogen (secondary N) is 2. The maximum Gasteiger partial charge on any atom is 0.241 e. The molecule has 0 aliphatic carbocycles. The number of nitrogens with zero attached hydrogens (tertiary/aromatic N) is 2. The van der Waals surface area contributed by atoms with Gasteiger partial charge in [-0.15, -0.1) is 12.4 Å². The van der Waals surface area contributed by atoms with Crippen molar-refractivity contribution in [2.45, 2.75) is 33.2 Å². The molecule has 0 bridgehead atoms. The van der Waals surface area contributed by atoms with Crippen LogP contribution in [0.3, 0.4) is 0 Å². The van der Waals surface area contributed by atoms with E-state index in [2.05, 4.69) is 20.5 Å². The fraction of sp³-hybridized carbons (Fsp3) is 0.400. The van der Waals surface area contributed by atoms with Gasteiger partial charge in [-0.3, -0.25) is 9.89 Å². The normalized spacial score (nSPS) is 13.1. The molecule has 7 heteroatoms. The largest absolute Gasteiger partial charge is 0.325 e. The van der Waals surface area contributed by atoms with Crippen molar-refractivity contribution in [1.82, 2.24) is 15.2 Å². The maximum atomic E-state index is 12.1. The van der Waals surface area contributed by atoms with Crippen LogP contribution in [0.15, 0.2) is 24.3 Å². The Hall–Kier alpha value is -1.92. The van der Waals surface area contributed by atoms with E-state index in [4.69, 9.17) is 5.73 Å². The lowest BCUT2D eigenvalue weighted by Crippen LogP contribution is -2.40. The summed E-state index contributed by atoms with van der Waals surface area (Å²) >= 11 is 0. The monoisotopic (exact) mass is 323 g/mol. The number of nitrogens with two attached hydrogens (primary N) is 1. The minimum absolute atomic E-state index is 0. The van der Waals surface area contributed by atoms with Crippen LogP contribution in [-0.4, -0.2) is 27.1 Å². The molecule has 0 radical (unpaired) electrons. The highest BCUT2D eigenvalue weighted by Crippen LogP contribution is 2.19. The molecule has 0 saturated heterocycles. The molecule has 1 amide bonds. The SMILES string of the molecule is CCC(C)C(N)C(=O)Nc1cccc(-c2n[nH]c(C)n2)c1.Cl. The second-order valence-corrected chi connectivity index (χ2v) is 5.23. The molecule has 0 fully saturated rings. The molecule has 2 aromatic rings. The summed E-state index contributed by atoms with van der Waals surface area (Å²) in [6, 6.07) is 6.90. The molecular weight excluding hydrogens is 302 g/mol. The van der Waals surface area contributed by atoms with Crippen molar-refractivity contribution in [2.75, 3.05) is 5.32 Å². The molecule has 22 heavy (non-hydrogen) atoms. The van der Waals surface area contributed by atoms with Gasteiger partial charge in [0, 0.05) is 11.3 Å². The van der Waals surface area contributed by atoms with E-state index in [1.807, 2.05) is 45.0 Å². The second-order valence-electron chi connectivity index (χ2n) is 5.23. The van der Waals surface area contributed by atoms with Gasteiger partial charge in [0.15, 0.2) is 5.82 Å².